The van der Waals surface area contributed by atoms with Crippen molar-refractivity contribution in [2.24, 2.45) is 0 Å². The van der Waals surface area contributed by atoms with Crippen molar-refractivity contribution in [3.63, 3.8) is 0 Å². The first-order valence-corrected chi connectivity index (χ1v) is 5.77. The highest BCUT2D eigenvalue weighted by atomic mass is 127. The summed E-state index contributed by atoms with van der Waals surface area (Å²) in [5.74, 6) is 0.0849. The van der Waals surface area contributed by atoms with Gasteiger partial charge >= 0.3 is 5.97 Å². The molecule has 2 N–H and O–H groups in total. The van der Waals surface area contributed by atoms with Gasteiger partial charge in [-0.15, -0.1) is 0 Å². The molecule has 1 rings (SSSR count). The molecular weight excluding hydrogens is 309 g/mol. The molecule has 0 atom stereocenters. The molecule has 84 valence electrons. The van der Waals surface area contributed by atoms with Crippen LogP contribution in [0.15, 0.2) is 0 Å². The molecule has 0 aliphatic rings. The Kier molecular flexibility index (Phi) is 3.95. The molecule has 0 bridgehead atoms. The molecule has 6 heteroatoms. The normalized spacial score (nSPS) is 10.7. The smallest absolute Gasteiger partial charge is 0.360 e. The monoisotopic (exact) mass is 323 g/mol. The summed E-state index contributed by atoms with van der Waals surface area (Å²) in [5, 5.41) is 4.14. The maximum atomic E-state index is 11.5. The molecule has 1 aromatic heterocycles. The maximum absolute atomic E-state index is 11.5. The van der Waals surface area contributed by atoms with Gasteiger partial charge < -0.3 is 10.5 Å². The fraction of sp³-hybridized carbons (Fsp3) is 0.556. The van der Waals surface area contributed by atoms with Crippen molar-refractivity contribution in [1.29, 1.82) is 0 Å². The molecule has 0 amide bonds. The Hall–Kier alpha value is -0.790. The molecule has 1 heterocycles. The minimum absolute atomic E-state index is 0.127. The Bertz CT molecular complexity index is 374. The van der Waals surface area contributed by atoms with Crippen LogP contribution in [0.2, 0.25) is 0 Å². The zero-order valence-corrected chi connectivity index (χ0v) is 11.1. The van der Waals surface area contributed by atoms with E-state index in [0.717, 1.165) is 0 Å². The summed E-state index contributed by atoms with van der Waals surface area (Å²) in [6, 6.07) is 0.127. The van der Waals surface area contributed by atoms with Crippen LogP contribution in [-0.4, -0.2) is 22.4 Å². The van der Waals surface area contributed by atoms with Gasteiger partial charge in [0.05, 0.1) is 10.2 Å². The van der Waals surface area contributed by atoms with Crippen LogP contribution < -0.4 is 5.73 Å². The van der Waals surface area contributed by atoms with E-state index in [0.29, 0.717) is 21.7 Å². The number of nitrogen functional groups attached to an aromatic ring is 1. The third-order valence-electron chi connectivity index (χ3n) is 1.85. The van der Waals surface area contributed by atoms with E-state index in [4.69, 9.17) is 10.5 Å². The van der Waals surface area contributed by atoms with E-state index in [1.54, 1.807) is 11.6 Å². The number of aromatic nitrogens is 2. The Labute approximate surface area is 102 Å². The first kappa shape index (κ1) is 12.3. The maximum Gasteiger partial charge on any atom is 0.360 e. The summed E-state index contributed by atoms with van der Waals surface area (Å²) in [6.45, 7) is 6.00. The van der Waals surface area contributed by atoms with Crippen LogP contribution in [0.25, 0.3) is 0 Å². The Morgan fingerprint density at radius 1 is 1.67 bits per heavy atom. The molecule has 0 aliphatic heterocycles. The highest BCUT2D eigenvalue weighted by molar-refractivity contribution is 14.1. The molecule has 0 aromatic carbocycles. The molecule has 0 saturated carbocycles. The second kappa shape index (κ2) is 4.82. The van der Waals surface area contributed by atoms with E-state index in [-0.39, 0.29) is 6.04 Å². The van der Waals surface area contributed by atoms with Gasteiger partial charge in [-0.25, -0.2) is 9.48 Å². The van der Waals surface area contributed by atoms with Crippen LogP contribution in [0.1, 0.15) is 37.3 Å². The second-order valence-corrected chi connectivity index (χ2v) is 4.39. The minimum Gasteiger partial charge on any atom is -0.461 e. The lowest BCUT2D eigenvalue weighted by Gasteiger charge is -2.06. The van der Waals surface area contributed by atoms with Crippen molar-refractivity contribution in [2.45, 2.75) is 26.8 Å². The fourth-order valence-electron chi connectivity index (χ4n) is 1.15. The van der Waals surface area contributed by atoms with Gasteiger partial charge in [0.15, 0.2) is 5.69 Å². The quantitative estimate of drug-likeness (QED) is 0.680. The van der Waals surface area contributed by atoms with E-state index in [1.165, 1.54) is 0 Å². The third-order valence-corrected chi connectivity index (χ3v) is 2.91. The summed E-state index contributed by atoms with van der Waals surface area (Å²) >= 11 is 2.00. The second-order valence-electron chi connectivity index (χ2n) is 3.31. The zero-order valence-electron chi connectivity index (χ0n) is 8.95. The first-order valence-electron chi connectivity index (χ1n) is 4.69. The number of ether oxygens (including phenoxy) is 1. The summed E-state index contributed by atoms with van der Waals surface area (Å²) in [5.41, 5.74) is 6.12. The molecule has 0 aliphatic carbocycles. The molecule has 0 spiro atoms. The number of nitrogens with zero attached hydrogens (tertiary/aromatic N) is 2. The van der Waals surface area contributed by atoms with E-state index < -0.39 is 5.97 Å². The summed E-state index contributed by atoms with van der Waals surface area (Å²) in [6.07, 6.45) is 0. The lowest BCUT2D eigenvalue weighted by molar-refractivity contribution is 0.0517. The highest BCUT2D eigenvalue weighted by Crippen LogP contribution is 2.22. The number of carbonyl (C=O) groups excluding carboxylic acids is 1. The highest BCUT2D eigenvalue weighted by Gasteiger charge is 2.21. The van der Waals surface area contributed by atoms with Crippen molar-refractivity contribution in [1.82, 2.24) is 9.78 Å². The number of hydrogen-bond donors (Lipinski definition) is 1. The number of esters is 1. The third kappa shape index (κ3) is 2.42. The number of rotatable bonds is 3. The van der Waals surface area contributed by atoms with Crippen molar-refractivity contribution in [3.8, 4) is 0 Å². The van der Waals surface area contributed by atoms with Crippen molar-refractivity contribution < 1.29 is 9.53 Å². The van der Waals surface area contributed by atoms with Gasteiger partial charge in [-0.3, -0.25) is 0 Å². The van der Waals surface area contributed by atoms with Gasteiger partial charge in [0.2, 0.25) is 0 Å². The Morgan fingerprint density at radius 3 is 2.67 bits per heavy atom. The minimum atomic E-state index is -0.423. The average Bonchev–Trinajstić information content (AvgIpc) is 2.45. The molecule has 0 unspecified atom stereocenters. The largest absolute Gasteiger partial charge is 0.461 e. The van der Waals surface area contributed by atoms with Crippen LogP contribution in [0.5, 0.6) is 0 Å². The van der Waals surface area contributed by atoms with Gasteiger partial charge in [0, 0.05) is 6.04 Å². The van der Waals surface area contributed by atoms with Crippen molar-refractivity contribution >= 4 is 34.4 Å². The number of carbonyl (C=O) groups is 1. The van der Waals surface area contributed by atoms with Gasteiger partial charge in [0.1, 0.15) is 5.82 Å². The SMILES string of the molecule is CCOC(=O)c1nn(C(C)C)c(N)c1I. The van der Waals surface area contributed by atoms with Crippen LogP contribution in [0.3, 0.4) is 0 Å². The Balaban J connectivity index is 3.10. The van der Waals surface area contributed by atoms with Crippen LogP contribution in [0, 0.1) is 3.57 Å². The molecule has 0 saturated heterocycles. The van der Waals surface area contributed by atoms with Crippen LogP contribution >= 0.6 is 22.6 Å². The van der Waals surface area contributed by atoms with Gasteiger partial charge in [-0.05, 0) is 43.4 Å². The molecular formula is C9H14IN3O2. The van der Waals surface area contributed by atoms with E-state index in [9.17, 15) is 4.79 Å². The molecule has 0 fully saturated rings. The molecule has 1 aromatic rings. The van der Waals surface area contributed by atoms with E-state index >= 15 is 0 Å². The van der Waals surface area contributed by atoms with Crippen LogP contribution in [-0.2, 0) is 4.74 Å². The lowest BCUT2D eigenvalue weighted by Crippen LogP contribution is -2.09. The number of nitrogens with two attached hydrogens (primary N) is 1. The predicted molar refractivity (Wildman–Crippen MR) is 65.7 cm³/mol. The standard InChI is InChI=1S/C9H14IN3O2/c1-4-15-9(14)7-6(10)8(11)13(12-7)5(2)3/h5H,4,11H2,1-3H3. The van der Waals surface area contributed by atoms with E-state index in [2.05, 4.69) is 5.10 Å². The topological polar surface area (TPSA) is 70.1 Å². The van der Waals surface area contributed by atoms with Gasteiger partial charge in [0.25, 0.3) is 0 Å². The summed E-state index contributed by atoms with van der Waals surface area (Å²) < 4.78 is 7.15. The number of anilines is 1. The first-order chi connectivity index (χ1) is 6.99. The van der Waals surface area contributed by atoms with Gasteiger partial charge in [-0.1, -0.05) is 0 Å². The molecule has 5 nitrogen and oxygen atoms in total. The predicted octanol–water partition coefficient (Wildman–Crippen LogP) is 1.83. The summed E-state index contributed by atoms with van der Waals surface area (Å²) in [4.78, 5) is 11.5. The fourth-order valence-corrected chi connectivity index (χ4v) is 1.73. The van der Waals surface area contributed by atoms with Crippen LogP contribution in [0.4, 0.5) is 5.82 Å². The number of hydrogen-bond acceptors (Lipinski definition) is 4. The molecule has 15 heavy (non-hydrogen) atoms. The zero-order chi connectivity index (χ0) is 11.6. The molecule has 0 radical (unpaired) electrons. The van der Waals surface area contributed by atoms with Crippen molar-refractivity contribution in [2.75, 3.05) is 12.3 Å². The number of halogens is 1. The average molecular weight is 323 g/mol. The van der Waals surface area contributed by atoms with Crippen molar-refractivity contribution in [3.05, 3.63) is 9.26 Å². The van der Waals surface area contributed by atoms with E-state index in [1.807, 2.05) is 36.4 Å². The van der Waals surface area contributed by atoms with Gasteiger partial charge in [-0.2, -0.15) is 5.10 Å². The summed E-state index contributed by atoms with van der Waals surface area (Å²) in [7, 11) is 0. The Morgan fingerprint density at radius 2 is 2.27 bits per heavy atom. The lowest BCUT2D eigenvalue weighted by atomic mass is 10.4.